The Kier molecular flexibility index (Phi) is 6.10. The fraction of sp³-hybridized carbons (Fsp3) is 0.391. The second-order valence-corrected chi connectivity index (χ2v) is 7.48. The number of piperidine rings is 1. The second-order valence-electron chi connectivity index (χ2n) is 7.48. The van der Waals surface area contributed by atoms with Gasteiger partial charge in [0.2, 0.25) is 11.8 Å². The van der Waals surface area contributed by atoms with E-state index in [1.165, 1.54) is 24.8 Å². The van der Waals surface area contributed by atoms with E-state index in [-0.39, 0.29) is 0 Å². The van der Waals surface area contributed by atoms with Gasteiger partial charge in [0.25, 0.3) is 0 Å². The van der Waals surface area contributed by atoms with Gasteiger partial charge in [0.15, 0.2) is 11.5 Å². The summed E-state index contributed by atoms with van der Waals surface area (Å²) in [6.45, 7) is 2.81. The van der Waals surface area contributed by atoms with Crippen LogP contribution in [0.5, 0.6) is 11.5 Å². The first-order chi connectivity index (χ1) is 14.2. The average Bonchev–Trinajstić information content (AvgIpc) is 3.24. The van der Waals surface area contributed by atoms with Gasteiger partial charge in [-0.05, 0) is 62.0 Å². The molecule has 1 aliphatic rings. The van der Waals surface area contributed by atoms with Crippen molar-refractivity contribution in [3.63, 3.8) is 0 Å². The first-order valence-electron chi connectivity index (χ1n) is 10.1. The van der Waals surface area contributed by atoms with Crippen LogP contribution < -0.4 is 9.47 Å². The average molecular weight is 393 g/mol. The van der Waals surface area contributed by atoms with Crippen LogP contribution in [0.4, 0.5) is 0 Å². The van der Waals surface area contributed by atoms with Crippen LogP contribution in [0.1, 0.15) is 24.3 Å². The van der Waals surface area contributed by atoms with Crippen molar-refractivity contribution >= 4 is 0 Å². The molecule has 0 N–H and O–H groups in total. The van der Waals surface area contributed by atoms with E-state index >= 15 is 0 Å². The molecule has 6 heteroatoms. The van der Waals surface area contributed by atoms with Crippen molar-refractivity contribution in [2.75, 3.05) is 27.3 Å². The van der Waals surface area contributed by atoms with Crippen molar-refractivity contribution in [2.24, 2.45) is 5.92 Å². The van der Waals surface area contributed by atoms with Gasteiger partial charge in [-0.1, -0.05) is 30.3 Å². The maximum atomic E-state index is 5.91. The second kappa shape index (κ2) is 9.09. The summed E-state index contributed by atoms with van der Waals surface area (Å²) >= 11 is 0. The third kappa shape index (κ3) is 4.77. The van der Waals surface area contributed by atoms with Crippen molar-refractivity contribution < 1.29 is 13.9 Å². The number of rotatable bonds is 7. The standard InChI is InChI=1S/C23H27N3O3/c1-27-20-9-8-19(15-21(20)28-2)23-25-24-22(29-23)16-26-12-10-18(11-13-26)14-17-6-4-3-5-7-17/h3-9,15,18H,10-14,16H2,1-2H3. The zero-order chi connectivity index (χ0) is 20.1. The Labute approximate surface area is 171 Å². The Hall–Kier alpha value is -2.86. The minimum absolute atomic E-state index is 0.500. The summed E-state index contributed by atoms with van der Waals surface area (Å²) in [6, 6.07) is 16.4. The molecular weight excluding hydrogens is 366 g/mol. The molecule has 152 valence electrons. The lowest BCUT2D eigenvalue weighted by atomic mass is 9.90. The molecule has 1 saturated heterocycles. The molecule has 0 amide bonds. The number of benzene rings is 2. The fourth-order valence-electron chi connectivity index (χ4n) is 3.89. The molecule has 0 unspecified atom stereocenters. The predicted octanol–water partition coefficient (Wildman–Crippen LogP) is 4.21. The van der Waals surface area contributed by atoms with Crippen molar-refractivity contribution in [1.82, 2.24) is 15.1 Å². The molecule has 1 aromatic heterocycles. The third-order valence-electron chi connectivity index (χ3n) is 5.53. The molecule has 29 heavy (non-hydrogen) atoms. The molecule has 2 heterocycles. The molecular formula is C23H27N3O3. The third-order valence-corrected chi connectivity index (χ3v) is 5.53. The van der Waals surface area contributed by atoms with Crippen LogP contribution in [0, 0.1) is 5.92 Å². The monoisotopic (exact) mass is 393 g/mol. The van der Waals surface area contributed by atoms with Crippen molar-refractivity contribution in [3.8, 4) is 23.0 Å². The van der Waals surface area contributed by atoms with E-state index in [0.29, 0.717) is 29.8 Å². The Balaban J connectivity index is 1.33. The molecule has 4 rings (SSSR count). The van der Waals surface area contributed by atoms with Gasteiger partial charge in [0.05, 0.1) is 20.8 Å². The van der Waals surface area contributed by atoms with Crippen LogP contribution in [0.3, 0.4) is 0 Å². The molecule has 0 spiro atoms. The summed E-state index contributed by atoms with van der Waals surface area (Å²) in [7, 11) is 3.23. The summed E-state index contributed by atoms with van der Waals surface area (Å²) in [5.41, 5.74) is 2.25. The van der Waals surface area contributed by atoms with Gasteiger partial charge in [-0.25, -0.2) is 0 Å². The summed E-state index contributed by atoms with van der Waals surface area (Å²) in [5.74, 6) is 3.22. The van der Waals surface area contributed by atoms with E-state index in [4.69, 9.17) is 13.9 Å². The van der Waals surface area contributed by atoms with Crippen LogP contribution >= 0.6 is 0 Å². The first-order valence-corrected chi connectivity index (χ1v) is 10.1. The van der Waals surface area contributed by atoms with E-state index < -0.39 is 0 Å². The molecule has 1 aliphatic heterocycles. The van der Waals surface area contributed by atoms with Crippen molar-refractivity contribution in [3.05, 3.63) is 60.0 Å². The topological polar surface area (TPSA) is 60.6 Å². The molecule has 0 aliphatic carbocycles. The molecule has 0 atom stereocenters. The maximum absolute atomic E-state index is 5.91. The van der Waals surface area contributed by atoms with Gasteiger partial charge in [0, 0.05) is 5.56 Å². The SMILES string of the molecule is COc1ccc(-c2nnc(CN3CCC(Cc4ccccc4)CC3)o2)cc1OC. The number of hydrogen-bond donors (Lipinski definition) is 0. The lowest BCUT2D eigenvalue weighted by molar-refractivity contribution is 0.164. The van der Waals surface area contributed by atoms with Crippen LogP contribution in [0.15, 0.2) is 52.9 Å². The molecule has 0 bridgehead atoms. The van der Waals surface area contributed by atoms with Crippen LogP contribution in [0.2, 0.25) is 0 Å². The number of nitrogens with zero attached hydrogens (tertiary/aromatic N) is 3. The van der Waals surface area contributed by atoms with E-state index in [1.807, 2.05) is 18.2 Å². The number of hydrogen-bond acceptors (Lipinski definition) is 6. The van der Waals surface area contributed by atoms with Crippen LogP contribution in [0.25, 0.3) is 11.5 Å². The minimum Gasteiger partial charge on any atom is -0.493 e. The summed E-state index contributed by atoms with van der Waals surface area (Å²) < 4.78 is 16.5. The zero-order valence-corrected chi connectivity index (χ0v) is 17.0. The van der Waals surface area contributed by atoms with Gasteiger partial charge in [-0.2, -0.15) is 0 Å². The summed E-state index contributed by atoms with van der Waals surface area (Å²) in [5, 5.41) is 8.46. The summed E-state index contributed by atoms with van der Waals surface area (Å²) in [6.07, 6.45) is 3.57. The van der Waals surface area contributed by atoms with Crippen LogP contribution in [-0.2, 0) is 13.0 Å². The fourth-order valence-corrected chi connectivity index (χ4v) is 3.89. The van der Waals surface area contributed by atoms with Gasteiger partial charge in [-0.15, -0.1) is 10.2 Å². The molecule has 0 saturated carbocycles. The molecule has 6 nitrogen and oxygen atoms in total. The maximum Gasteiger partial charge on any atom is 0.247 e. The van der Waals surface area contributed by atoms with Gasteiger partial charge in [0.1, 0.15) is 0 Å². The molecule has 3 aromatic rings. The van der Waals surface area contributed by atoms with E-state index in [2.05, 4.69) is 45.4 Å². The highest BCUT2D eigenvalue weighted by Crippen LogP contribution is 2.32. The van der Waals surface area contributed by atoms with Crippen LogP contribution in [-0.4, -0.2) is 42.4 Å². The van der Waals surface area contributed by atoms with E-state index in [9.17, 15) is 0 Å². The number of ether oxygens (including phenoxy) is 2. The highest BCUT2D eigenvalue weighted by Gasteiger charge is 2.21. The number of methoxy groups -OCH3 is 2. The Morgan fingerprint density at radius 3 is 2.45 bits per heavy atom. The smallest absolute Gasteiger partial charge is 0.247 e. The molecule has 1 fully saturated rings. The van der Waals surface area contributed by atoms with Crippen molar-refractivity contribution in [1.29, 1.82) is 0 Å². The Morgan fingerprint density at radius 1 is 0.966 bits per heavy atom. The van der Waals surface area contributed by atoms with Gasteiger partial charge < -0.3 is 13.9 Å². The largest absolute Gasteiger partial charge is 0.493 e. The normalized spacial score (nSPS) is 15.4. The van der Waals surface area contributed by atoms with Gasteiger partial charge >= 0.3 is 0 Å². The quantitative estimate of drug-likeness (QED) is 0.599. The van der Waals surface area contributed by atoms with Crippen molar-refractivity contribution in [2.45, 2.75) is 25.8 Å². The molecule has 2 aromatic carbocycles. The highest BCUT2D eigenvalue weighted by atomic mass is 16.5. The lowest BCUT2D eigenvalue weighted by Crippen LogP contribution is -2.33. The minimum atomic E-state index is 0.500. The number of likely N-dealkylation sites (tertiary alicyclic amines) is 1. The summed E-state index contributed by atoms with van der Waals surface area (Å²) in [4.78, 5) is 2.40. The predicted molar refractivity (Wildman–Crippen MR) is 111 cm³/mol. The Morgan fingerprint density at radius 2 is 1.72 bits per heavy atom. The lowest BCUT2D eigenvalue weighted by Gasteiger charge is -2.31. The highest BCUT2D eigenvalue weighted by molar-refractivity contribution is 5.59. The zero-order valence-electron chi connectivity index (χ0n) is 17.0. The van der Waals surface area contributed by atoms with E-state index in [0.717, 1.165) is 24.6 Å². The van der Waals surface area contributed by atoms with Gasteiger partial charge in [-0.3, -0.25) is 4.90 Å². The Bertz CT molecular complexity index is 918. The van der Waals surface area contributed by atoms with E-state index in [1.54, 1.807) is 14.2 Å². The first kappa shape index (κ1) is 19.5. The number of aromatic nitrogens is 2. The molecule has 0 radical (unpaired) electrons.